The number of carbonyl (C=O) groups is 1. The molecular formula is C19H22N4O2S. The number of thiophene rings is 1. The summed E-state index contributed by atoms with van der Waals surface area (Å²) in [6, 6.07) is 9.18. The van der Waals surface area contributed by atoms with E-state index in [0.29, 0.717) is 23.6 Å². The van der Waals surface area contributed by atoms with Crippen LogP contribution in [0.3, 0.4) is 0 Å². The molecule has 0 unspecified atom stereocenters. The Labute approximate surface area is 155 Å². The molecule has 0 bridgehead atoms. The number of aromatic nitrogens is 3. The maximum atomic E-state index is 12.8. The van der Waals surface area contributed by atoms with E-state index in [1.807, 2.05) is 20.8 Å². The molecular weight excluding hydrogens is 348 g/mol. The Morgan fingerprint density at radius 2 is 2.04 bits per heavy atom. The predicted molar refractivity (Wildman–Crippen MR) is 105 cm³/mol. The maximum Gasteiger partial charge on any atom is 0.254 e. The first-order valence-electron chi connectivity index (χ1n) is 8.37. The van der Waals surface area contributed by atoms with Crippen LogP contribution in [0.5, 0.6) is 0 Å². The fourth-order valence-electron chi connectivity index (χ4n) is 2.48. The van der Waals surface area contributed by atoms with Gasteiger partial charge in [-0.2, -0.15) is 9.78 Å². The number of nitrogens with one attached hydrogen (secondary N) is 2. The molecule has 0 aromatic carbocycles. The molecule has 136 valence electrons. The molecule has 3 aromatic rings. The van der Waals surface area contributed by atoms with Crippen molar-refractivity contribution >= 4 is 23.1 Å². The largest absolute Gasteiger partial charge is 0.365 e. The Hall–Kier alpha value is -2.67. The lowest BCUT2D eigenvalue weighted by Gasteiger charge is -2.18. The van der Waals surface area contributed by atoms with Crippen LogP contribution in [0.15, 0.2) is 41.3 Å². The van der Waals surface area contributed by atoms with Gasteiger partial charge in [0.25, 0.3) is 5.91 Å². The first kappa shape index (κ1) is 18.1. The molecule has 0 atom stereocenters. The molecule has 3 heterocycles. The lowest BCUT2D eigenvalue weighted by atomic mass is 9.96. The van der Waals surface area contributed by atoms with Crippen LogP contribution in [0.4, 0.5) is 5.82 Å². The third kappa shape index (κ3) is 3.94. The van der Waals surface area contributed by atoms with Crippen molar-refractivity contribution in [1.82, 2.24) is 14.8 Å². The molecule has 0 aliphatic carbocycles. The molecule has 0 fully saturated rings. The second-order valence-corrected chi connectivity index (χ2v) is 8.56. The molecule has 6 nitrogen and oxygen atoms in total. The number of anilines is 1. The zero-order valence-corrected chi connectivity index (χ0v) is 16.1. The summed E-state index contributed by atoms with van der Waals surface area (Å²) in [6.07, 6.45) is 1.57. The van der Waals surface area contributed by atoms with Gasteiger partial charge in [-0.25, -0.2) is 0 Å². The minimum atomic E-state index is -0.576. The number of carbonyl (C=O) groups excluding carboxylic acids is 1. The fourth-order valence-corrected chi connectivity index (χ4v) is 3.31. The summed E-state index contributed by atoms with van der Waals surface area (Å²) in [6.45, 7) is 8.24. The van der Waals surface area contributed by atoms with E-state index in [-0.39, 0.29) is 11.5 Å². The molecule has 0 amide bonds. The van der Waals surface area contributed by atoms with Gasteiger partial charge in [0, 0.05) is 39.1 Å². The minimum Gasteiger partial charge on any atom is -0.365 e. The average Bonchev–Trinajstić information content (AvgIpc) is 3.17. The van der Waals surface area contributed by atoms with Crippen LogP contribution < -0.4 is 10.9 Å². The average molecular weight is 370 g/mol. The fraction of sp³-hybridized carbons (Fsp3) is 0.316. The molecule has 0 radical (unpaired) electrons. The Balaban J connectivity index is 1.97. The third-order valence-corrected chi connectivity index (χ3v) is 4.85. The summed E-state index contributed by atoms with van der Waals surface area (Å²) in [4.78, 5) is 29.4. The Kier molecular flexibility index (Phi) is 4.82. The van der Waals surface area contributed by atoms with E-state index in [1.54, 1.807) is 29.7 Å². The molecule has 0 saturated heterocycles. The number of aromatic amines is 1. The summed E-state index contributed by atoms with van der Waals surface area (Å²) < 4.78 is 1.40. The van der Waals surface area contributed by atoms with Gasteiger partial charge in [0.15, 0.2) is 0 Å². The smallest absolute Gasteiger partial charge is 0.254 e. The van der Waals surface area contributed by atoms with Crippen LogP contribution in [0.2, 0.25) is 0 Å². The van der Waals surface area contributed by atoms with Gasteiger partial charge in [-0.05, 0) is 25.1 Å². The second kappa shape index (κ2) is 6.92. The van der Waals surface area contributed by atoms with Crippen LogP contribution in [0.25, 0.3) is 11.3 Å². The van der Waals surface area contributed by atoms with Crippen molar-refractivity contribution in [2.45, 2.75) is 34.2 Å². The zero-order valence-electron chi connectivity index (χ0n) is 15.3. The highest BCUT2D eigenvalue weighted by molar-refractivity contribution is 7.11. The SMILES string of the molecule is Cc1ccc(CNc2cc(-c3cc[nH]c(=O)c3)nn2C(=O)C(C)(C)C)s1. The van der Waals surface area contributed by atoms with E-state index >= 15 is 0 Å². The first-order valence-corrected chi connectivity index (χ1v) is 9.19. The monoisotopic (exact) mass is 370 g/mol. The van der Waals surface area contributed by atoms with Crippen LogP contribution >= 0.6 is 11.3 Å². The molecule has 0 saturated carbocycles. The molecule has 0 aliphatic rings. The number of aryl methyl sites for hydroxylation is 1. The molecule has 26 heavy (non-hydrogen) atoms. The lowest BCUT2D eigenvalue weighted by molar-refractivity contribution is 0.0752. The highest BCUT2D eigenvalue weighted by Gasteiger charge is 2.27. The van der Waals surface area contributed by atoms with Crippen LogP contribution in [0.1, 0.15) is 35.3 Å². The number of pyridine rings is 1. The van der Waals surface area contributed by atoms with Gasteiger partial charge >= 0.3 is 0 Å². The summed E-state index contributed by atoms with van der Waals surface area (Å²) in [5.41, 5.74) is 0.471. The number of H-pyrrole nitrogens is 1. The van der Waals surface area contributed by atoms with E-state index in [9.17, 15) is 9.59 Å². The van der Waals surface area contributed by atoms with Crippen LogP contribution in [-0.4, -0.2) is 20.7 Å². The van der Waals surface area contributed by atoms with Crippen LogP contribution in [0, 0.1) is 12.3 Å². The number of hydrogen-bond donors (Lipinski definition) is 2. The molecule has 0 aliphatic heterocycles. The van der Waals surface area contributed by atoms with E-state index < -0.39 is 5.41 Å². The van der Waals surface area contributed by atoms with Crippen molar-refractivity contribution in [2.24, 2.45) is 5.41 Å². The predicted octanol–water partition coefficient (Wildman–Crippen LogP) is 3.91. The maximum absolute atomic E-state index is 12.8. The quantitative estimate of drug-likeness (QED) is 0.730. The molecule has 7 heteroatoms. The summed E-state index contributed by atoms with van der Waals surface area (Å²) in [5.74, 6) is 0.504. The van der Waals surface area contributed by atoms with E-state index in [4.69, 9.17) is 0 Å². The Morgan fingerprint density at radius 3 is 2.65 bits per heavy atom. The number of nitrogens with zero attached hydrogens (tertiary/aromatic N) is 2. The highest BCUT2D eigenvalue weighted by atomic mass is 32.1. The Bertz CT molecular complexity index is 991. The molecule has 0 spiro atoms. The minimum absolute atomic E-state index is 0.113. The standard InChI is InChI=1S/C19H22N4O2S/c1-12-5-6-14(26-12)11-21-16-10-15(13-7-8-20-17(24)9-13)22-23(16)18(25)19(2,3)4/h5-10,21H,11H2,1-4H3,(H,20,24). The normalized spacial score (nSPS) is 11.5. The molecule has 2 N–H and O–H groups in total. The van der Waals surface area contributed by atoms with Crippen molar-refractivity contribution in [1.29, 1.82) is 0 Å². The van der Waals surface area contributed by atoms with Crippen LogP contribution in [-0.2, 0) is 6.54 Å². The van der Waals surface area contributed by atoms with Gasteiger partial charge in [0.2, 0.25) is 5.56 Å². The summed E-state index contributed by atoms with van der Waals surface area (Å²) in [7, 11) is 0. The number of rotatable bonds is 4. The van der Waals surface area contributed by atoms with E-state index in [2.05, 4.69) is 34.5 Å². The highest BCUT2D eigenvalue weighted by Crippen LogP contribution is 2.26. The van der Waals surface area contributed by atoms with Crippen molar-refractivity contribution in [3.05, 3.63) is 56.6 Å². The van der Waals surface area contributed by atoms with Gasteiger partial charge < -0.3 is 10.3 Å². The van der Waals surface area contributed by atoms with Crippen molar-refractivity contribution < 1.29 is 4.79 Å². The summed E-state index contributed by atoms with van der Waals surface area (Å²) >= 11 is 1.71. The molecule has 3 rings (SSSR count). The van der Waals surface area contributed by atoms with Gasteiger partial charge in [-0.1, -0.05) is 20.8 Å². The van der Waals surface area contributed by atoms with Gasteiger partial charge in [0.1, 0.15) is 5.82 Å². The number of hydrogen-bond acceptors (Lipinski definition) is 5. The van der Waals surface area contributed by atoms with Gasteiger partial charge in [-0.15, -0.1) is 11.3 Å². The van der Waals surface area contributed by atoms with Crippen molar-refractivity contribution in [3.63, 3.8) is 0 Å². The topological polar surface area (TPSA) is 79.8 Å². The first-order chi connectivity index (χ1) is 12.2. The van der Waals surface area contributed by atoms with E-state index in [1.165, 1.54) is 20.5 Å². The Morgan fingerprint density at radius 1 is 1.27 bits per heavy atom. The lowest BCUT2D eigenvalue weighted by Crippen LogP contribution is -2.28. The second-order valence-electron chi connectivity index (χ2n) is 7.19. The van der Waals surface area contributed by atoms with E-state index in [0.717, 1.165) is 0 Å². The van der Waals surface area contributed by atoms with Gasteiger partial charge in [-0.3, -0.25) is 9.59 Å². The van der Waals surface area contributed by atoms with Crippen molar-refractivity contribution in [3.8, 4) is 11.3 Å². The van der Waals surface area contributed by atoms with Crippen molar-refractivity contribution in [2.75, 3.05) is 5.32 Å². The zero-order chi connectivity index (χ0) is 18.9. The summed E-state index contributed by atoms with van der Waals surface area (Å²) in [5, 5.41) is 7.77. The molecule has 3 aromatic heterocycles. The third-order valence-electron chi connectivity index (χ3n) is 3.85. The van der Waals surface area contributed by atoms with Gasteiger partial charge in [0.05, 0.1) is 12.2 Å².